The summed E-state index contributed by atoms with van der Waals surface area (Å²) in [5.41, 5.74) is 0. The number of hydrogen-bond acceptors (Lipinski definition) is 3. The topological polar surface area (TPSA) is 63.5 Å². The zero-order valence-electron chi connectivity index (χ0n) is 2.06. The van der Waals surface area contributed by atoms with E-state index in [1.54, 1.807) is 0 Å². The van der Waals surface area contributed by atoms with E-state index in [2.05, 4.69) is 11.9 Å². The molecule has 0 heterocycles. The predicted octanol–water partition coefficient (Wildman–Crippen LogP) is -2.26. The van der Waals surface area contributed by atoms with Crippen molar-refractivity contribution in [3.05, 3.63) is 0 Å². The van der Waals surface area contributed by atoms with E-state index in [1.165, 1.54) is 0 Å². The van der Waals surface area contributed by atoms with Crippen molar-refractivity contribution in [1.82, 2.24) is 0 Å². The van der Waals surface area contributed by atoms with Gasteiger partial charge in [0.1, 0.15) is 0 Å². The Balaban J connectivity index is -0.0000000275. The molecule has 0 aromatic rings. The van der Waals surface area contributed by atoms with Gasteiger partial charge in [-0.2, -0.15) is 0 Å². The molecule has 0 aliphatic rings. The molecule has 0 radical (unpaired) electrons. The fraction of sp³-hybridized carbons (Fsp3) is 0. The maximum Gasteiger partial charge on any atom is 0.327 e. The second-order valence-corrected chi connectivity index (χ2v) is 0.207. The van der Waals surface area contributed by atoms with E-state index in [0.29, 0.717) is 0 Å². The number of hydrogen-bond donors (Lipinski definition) is 2. The van der Waals surface area contributed by atoms with Gasteiger partial charge in [0.2, 0.25) is 0 Å². The van der Waals surface area contributed by atoms with E-state index in [1.807, 2.05) is 0 Å². The molecule has 0 aliphatic heterocycles. The smallest absolute Gasteiger partial charge is 0.327 e. The summed E-state index contributed by atoms with van der Waals surface area (Å²) in [6.45, 7) is 0. The third-order valence-electron chi connectivity index (χ3n) is 0. The Labute approximate surface area is 66.5 Å². The zero-order chi connectivity index (χ0) is 4.71. The van der Waals surface area contributed by atoms with Crippen LogP contribution in [-0.4, -0.2) is 38.9 Å². The fourth-order valence-electron chi connectivity index (χ4n) is 0. The maximum atomic E-state index is 8.35. The molecule has 6 heavy (non-hydrogen) atoms. The largest absolute Gasteiger partial charge is 0.506 e. The summed E-state index contributed by atoms with van der Waals surface area (Å²) in [4.78, 5) is 0. The quantitative estimate of drug-likeness (QED) is 0.378. The van der Waals surface area contributed by atoms with Crippen molar-refractivity contribution in [2.24, 2.45) is 0 Å². The molecule has 3 nitrogen and oxygen atoms in total. The van der Waals surface area contributed by atoms with Gasteiger partial charge in [0, 0.05) is 0 Å². The Morgan fingerprint density at radius 2 is 1.50 bits per heavy atom. The molecule has 0 aromatic carbocycles. The number of halogens is 2. The second kappa shape index (κ2) is 31.8. The molecular weight excluding hydrogens is 142 g/mol. The predicted molar refractivity (Wildman–Crippen MR) is 17.4 cm³/mol. The zero-order valence-corrected chi connectivity index (χ0v) is 3.57. The Bertz CT molecular complexity index is 8.75. The van der Waals surface area contributed by atoms with Gasteiger partial charge in [0.05, 0.1) is 11.9 Å². The monoisotopic (exact) mass is 144 g/mol. The van der Waals surface area contributed by atoms with Gasteiger partial charge in [-0.3, -0.25) is 4.66 Å². The average molecular weight is 145 g/mol. The van der Waals surface area contributed by atoms with Crippen LogP contribution in [0.3, 0.4) is 0 Å². The molecule has 0 unspecified atom stereocenters. The van der Waals surface area contributed by atoms with E-state index in [0.717, 1.165) is 0 Å². The molecule has 0 rings (SSSR count). The summed E-state index contributed by atoms with van der Waals surface area (Å²) in [5.74, 6) is 0. The Morgan fingerprint density at radius 1 is 1.50 bits per heavy atom. The van der Waals surface area contributed by atoms with E-state index < -0.39 is 0 Å². The normalized spacial score (nSPS) is 4.00. The summed E-state index contributed by atoms with van der Waals surface area (Å²) in [6, 6.07) is 0. The summed E-state index contributed by atoms with van der Waals surface area (Å²) >= 11 is 3.47. The van der Waals surface area contributed by atoms with E-state index in [9.17, 15) is 0 Å². The van der Waals surface area contributed by atoms with Crippen LogP contribution >= 0.6 is 11.9 Å². The molecular formula is H3Cl2NaO3. The molecule has 0 bridgehead atoms. The fourth-order valence-corrected chi connectivity index (χ4v) is 0. The molecule has 6 heteroatoms. The van der Waals surface area contributed by atoms with Gasteiger partial charge in [-0.05, 0) is 0 Å². The van der Waals surface area contributed by atoms with Gasteiger partial charge in [0.25, 0.3) is 0 Å². The second-order valence-electron chi connectivity index (χ2n) is 0.0690. The summed E-state index contributed by atoms with van der Waals surface area (Å²) < 4.78 is 21.7. The van der Waals surface area contributed by atoms with Crippen LogP contribution in [0.2, 0.25) is 0 Å². The number of rotatable bonds is 0. The van der Waals surface area contributed by atoms with Crippen molar-refractivity contribution in [3.63, 3.8) is 0 Å². The first-order chi connectivity index (χ1) is 2.41. The van der Waals surface area contributed by atoms with Crippen LogP contribution in [0, 0.1) is 11.3 Å². The van der Waals surface area contributed by atoms with Gasteiger partial charge in [-0.25, -0.2) is 0 Å². The molecule has 2 N–H and O–H groups in total. The van der Waals surface area contributed by atoms with E-state index >= 15 is 0 Å². The van der Waals surface area contributed by atoms with Crippen LogP contribution in [-0.2, 0) is 0 Å². The van der Waals surface area contributed by atoms with Crippen molar-refractivity contribution in [3.8, 4) is 0 Å². The summed E-state index contributed by atoms with van der Waals surface area (Å²) in [5, 5.41) is 0. The first kappa shape index (κ1) is 15.7. The minimum Gasteiger partial charge on any atom is -0.506 e. The van der Waals surface area contributed by atoms with Crippen LogP contribution in [0.15, 0.2) is 0 Å². The molecule has 0 fully saturated rings. The SMILES string of the molecule is OCl.[NaH].[O-][Cl+]O. The standard InChI is InChI=1S/ClHO2.ClHO.Na.H/c2-1-3;1-2;;/h2H;2H;;. The van der Waals surface area contributed by atoms with Crippen molar-refractivity contribution in [2.75, 3.05) is 0 Å². The molecule has 36 valence electrons. The van der Waals surface area contributed by atoms with Crippen LogP contribution in [0.4, 0.5) is 0 Å². The summed E-state index contributed by atoms with van der Waals surface area (Å²) in [7, 11) is 0. The van der Waals surface area contributed by atoms with Gasteiger partial charge < -0.3 is 4.66 Å². The van der Waals surface area contributed by atoms with Gasteiger partial charge in [-0.1, -0.05) is 0 Å². The Kier molecular flexibility index (Phi) is 83.0. The molecule has 0 aromatic heterocycles. The first-order valence-corrected chi connectivity index (χ1v) is 1.48. The minimum atomic E-state index is -0.167. The van der Waals surface area contributed by atoms with Crippen molar-refractivity contribution in [1.29, 1.82) is 0 Å². The minimum absolute atomic E-state index is 0. The van der Waals surface area contributed by atoms with Crippen molar-refractivity contribution < 1.29 is 25.3 Å². The molecule has 0 atom stereocenters. The first-order valence-electron chi connectivity index (χ1n) is 0.492. The third-order valence-corrected chi connectivity index (χ3v) is 0. The molecule has 0 amide bonds. The van der Waals surface area contributed by atoms with Crippen molar-refractivity contribution in [2.45, 2.75) is 0 Å². The molecule has 0 aliphatic carbocycles. The van der Waals surface area contributed by atoms with Crippen molar-refractivity contribution >= 4 is 41.4 Å². The molecule has 0 saturated heterocycles. The maximum absolute atomic E-state index is 8.35. The molecule has 0 saturated carbocycles. The van der Waals surface area contributed by atoms with E-state index in [-0.39, 0.29) is 40.9 Å². The van der Waals surface area contributed by atoms with Crippen LogP contribution in [0.1, 0.15) is 0 Å². The van der Waals surface area contributed by atoms with Gasteiger partial charge >= 0.3 is 40.9 Å². The van der Waals surface area contributed by atoms with Gasteiger partial charge in [0.15, 0.2) is 0 Å². The van der Waals surface area contributed by atoms with Crippen LogP contribution in [0.5, 0.6) is 0 Å². The molecule has 0 spiro atoms. The van der Waals surface area contributed by atoms with Crippen LogP contribution < -0.4 is 4.66 Å². The van der Waals surface area contributed by atoms with Crippen LogP contribution in [0.25, 0.3) is 0 Å². The van der Waals surface area contributed by atoms with Gasteiger partial charge in [-0.15, -0.1) is 4.66 Å². The van der Waals surface area contributed by atoms with E-state index in [4.69, 9.17) is 14.0 Å². The Morgan fingerprint density at radius 3 is 1.50 bits per heavy atom. The summed E-state index contributed by atoms with van der Waals surface area (Å²) in [6.07, 6.45) is 0. The average Bonchev–Trinajstić information content (AvgIpc) is 1.46. The third kappa shape index (κ3) is 51.0. The Hall–Kier alpha value is 1.46.